The average Bonchev–Trinajstić information content (AvgIpc) is 2.14. The number of thiophene rings is 1. The van der Waals surface area contributed by atoms with Crippen LogP contribution in [0.4, 0.5) is 0 Å². The second kappa shape index (κ2) is 2.94. The number of hydrogen-bond donors (Lipinski definition) is 0. The predicted octanol–water partition coefficient (Wildman–Crippen LogP) is 3.05. The molecule has 0 unspecified atom stereocenters. The van der Waals surface area contributed by atoms with Crippen molar-refractivity contribution in [2.45, 2.75) is 0 Å². The Morgan fingerprint density at radius 1 is 1.67 bits per heavy atom. The quantitative estimate of drug-likeness (QED) is 0.717. The zero-order valence-electron chi connectivity index (χ0n) is 4.23. The average molecular weight is 270 g/mol. The third-order valence-corrected chi connectivity index (χ3v) is 3.14. The Hall–Kier alpha value is 0.330. The Morgan fingerprint density at radius 2 is 2.33 bits per heavy atom. The van der Waals surface area contributed by atoms with E-state index in [0.717, 1.165) is 9.35 Å². The third-order valence-electron chi connectivity index (χ3n) is 0.761. The number of carbonyl (C=O) groups is 1. The van der Waals surface area contributed by atoms with Crippen LogP contribution >= 0.6 is 43.2 Å². The lowest BCUT2D eigenvalue weighted by Crippen LogP contribution is -1.77. The minimum atomic E-state index is -0.0572. The van der Waals surface area contributed by atoms with E-state index >= 15 is 0 Å². The van der Waals surface area contributed by atoms with Crippen LogP contribution in [0.1, 0.15) is 9.67 Å². The molecule has 0 fully saturated rings. The van der Waals surface area contributed by atoms with Crippen molar-refractivity contribution in [1.29, 1.82) is 0 Å². The summed E-state index contributed by atoms with van der Waals surface area (Å²) < 4.78 is 0.897. The smallest absolute Gasteiger partial charge is 0.237 e. The first-order valence-electron chi connectivity index (χ1n) is 2.14. The number of halogens is 2. The molecule has 0 saturated heterocycles. The van der Waals surface area contributed by atoms with Gasteiger partial charge in [-0.25, -0.2) is 0 Å². The van der Waals surface area contributed by atoms with E-state index in [9.17, 15) is 4.79 Å². The third kappa shape index (κ3) is 1.88. The van der Waals surface area contributed by atoms with E-state index in [1.807, 2.05) is 5.38 Å². The maximum Gasteiger partial charge on any atom is 0.237 e. The summed E-state index contributed by atoms with van der Waals surface area (Å²) in [6.45, 7) is 0. The van der Waals surface area contributed by atoms with Crippen LogP contribution in [0.25, 0.3) is 0 Å². The van der Waals surface area contributed by atoms with Gasteiger partial charge in [-0.2, -0.15) is 0 Å². The zero-order valence-corrected chi connectivity index (χ0v) is 8.22. The van der Waals surface area contributed by atoms with E-state index < -0.39 is 0 Å². The van der Waals surface area contributed by atoms with E-state index in [1.54, 1.807) is 6.07 Å². The first kappa shape index (κ1) is 7.44. The molecule has 0 aliphatic rings. The van der Waals surface area contributed by atoms with Crippen molar-refractivity contribution in [2.24, 2.45) is 0 Å². The Labute approximate surface area is 73.3 Å². The molecule has 1 aromatic rings. The van der Waals surface area contributed by atoms with Crippen molar-refractivity contribution in [2.75, 3.05) is 0 Å². The van der Waals surface area contributed by atoms with Crippen molar-refractivity contribution in [3.8, 4) is 0 Å². The molecular formula is C5H2Br2OS. The van der Waals surface area contributed by atoms with E-state index in [2.05, 4.69) is 31.9 Å². The SMILES string of the molecule is O=C(Br)c1cc(Br)cs1. The van der Waals surface area contributed by atoms with Gasteiger partial charge in [-0.3, -0.25) is 4.79 Å². The van der Waals surface area contributed by atoms with Crippen molar-refractivity contribution in [1.82, 2.24) is 0 Å². The van der Waals surface area contributed by atoms with Gasteiger partial charge < -0.3 is 0 Å². The molecule has 4 heteroatoms. The zero-order chi connectivity index (χ0) is 6.85. The molecule has 0 amide bonds. The molecule has 48 valence electrons. The van der Waals surface area contributed by atoms with Gasteiger partial charge in [0.15, 0.2) is 0 Å². The van der Waals surface area contributed by atoms with Crippen LogP contribution in [0, 0.1) is 0 Å². The summed E-state index contributed by atoms with van der Waals surface area (Å²) in [6, 6.07) is 1.78. The van der Waals surface area contributed by atoms with Gasteiger partial charge in [-0.15, -0.1) is 11.3 Å². The number of rotatable bonds is 1. The summed E-state index contributed by atoms with van der Waals surface area (Å²) in [6.07, 6.45) is 0. The summed E-state index contributed by atoms with van der Waals surface area (Å²) >= 11 is 7.50. The van der Waals surface area contributed by atoms with E-state index in [-0.39, 0.29) is 4.69 Å². The molecule has 1 rings (SSSR count). The van der Waals surface area contributed by atoms with Crippen molar-refractivity contribution >= 4 is 47.9 Å². The molecule has 0 aromatic carbocycles. The molecule has 0 aliphatic heterocycles. The van der Waals surface area contributed by atoms with Crippen LogP contribution in [0.2, 0.25) is 0 Å². The lowest BCUT2D eigenvalue weighted by Gasteiger charge is -1.77. The van der Waals surface area contributed by atoms with Gasteiger partial charge in [0, 0.05) is 9.85 Å². The highest BCUT2D eigenvalue weighted by Crippen LogP contribution is 2.21. The Balaban J connectivity index is 2.98. The topological polar surface area (TPSA) is 17.1 Å². The van der Waals surface area contributed by atoms with Crippen LogP contribution in [0.3, 0.4) is 0 Å². The van der Waals surface area contributed by atoms with Crippen LogP contribution in [-0.4, -0.2) is 4.69 Å². The normalized spacial score (nSPS) is 9.56. The minimum Gasteiger partial charge on any atom is -0.280 e. The predicted molar refractivity (Wildman–Crippen MR) is 45.3 cm³/mol. The van der Waals surface area contributed by atoms with Gasteiger partial charge in [0.05, 0.1) is 4.88 Å². The monoisotopic (exact) mass is 268 g/mol. The van der Waals surface area contributed by atoms with Gasteiger partial charge in [-0.1, -0.05) is 0 Å². The van der Waals surface area contributed by atoms with Gasteiger partial charge in [0.25, 0.3) is 0 Å². The molecule has 0 N–H and O–H groups in total. The Kier molecular flexibility index (Phi) is 2.43. The fourth-order valence-corrected chi connectivity index (χ4v) is 2.07. The lowest BCUT2D eigenvalue weighted by molar-refractivity contribution is 0.109. The number of carbonyl (C=O) groups excluding carboxylic acids is 1. The molecule has 1 nitrogen and oxygen atoms in total. The second-order valence-corrected chi connectivity index (χ2v) is 3.95. The first-order chi connectivity index (χ1) is 4.20. The Bertz CT molecular complexity index is 231. The Morgan fingerprint density at radius 3 is 2.56 bits per heavy atom. The summed E-state index contributed by atoms with van der Waals surface area (Å²) in [4.78, 5) is 11.3. The largest absolute Gasteiger partial charge is 0.280 e. The molecule has 1 heterocycles. The van der Waals surface area contributed by atoms with Gasteiger partial charge in [0.2, 0.25) is 4.69 Å². The summed E-state index contributed by atoms with van der Waals surface area (Å²) in [7, 11) is 0. The standard InChI is InChI=1S/C5H2Br2OS/c6-3-1-4(5(7)8)9-2-3/h1-2H. The number of hydrogen-bond acceptors (Lipinski definition) is 2. The van der Waals surface area contributed by atoms with Crippen LogP contribution in [0.15, 0.2) is 15.9 Å². The van der Waals surface area contributed by atoms with Gasteiger partial charge in [-0.05, 0) is 37.9 Å². The maximum atomic E-state index is 10.6. The van der Waals surface area contributed by atoms with E-state index in [1.165, 1.54) is 11.3 Å². The van der Waals surface area contributed by atoms with E-state index in [4.69, 9.17) is 0 Å². The molecule has 0 aliphatic carbocycles. The molecule has 9 heavy (non-hydrogen) atoms. The summed E-state index contributed by atoms with van der Waals surface area (Å²) in [5.41, 5.74) is 0. The van der Waals surface area contributed by atoms with Crippen molar-refractivity contribution in [3.63, 3.8) is 0 Å². The molecule has 0 atom stereocenters. The van der Waals surface area contributed by atoms with Crippen molar-refractivity contribution in [3.05, 3.63) is 20.8 Å². The molecule has 0 saturated carbocycles. The van der Waals surface area contributed by atoms with Gasteiger partial charge >= 0.3 is 0 Å². The summed E-state index contributed by atoms with van der Waals surface area (Å²) in [5.74, 6) is 0. The fraction of sp³-hybridized carbons (Fsp3) is 0. The highest BCUT2D eigenvalue weighted by atomic mass is 79.9. The van der Waals surface area contributed by atoms with E-state index in [0.29, 0.717) is 0 Å². The molecule has 0 spiro atoms. The lowest BCUT2D eigenvalue weighted by atomic mass is 10.5. The maximum absolute atomic E-state index is 10.6. The molecule has 1 aromatic heterocycles. The first-order valence-corrected chi connectivity index (χ1v) is 4.60. The minimum absolute atomic E-state index is 0.0572. The van der Waals surface area contributed by atoms with Crippen molar-refractivity contribution < 1.29 is 4.79 Å². The molecule has 0 radical (unpaired) electrons. The van der Waals surface area contributed by atoms with Gasteiger partial charge in [0.1, 0.15) is 0 Å². The summed E-state index contributed by atoms with van der Waals surface area (Å²) in [5, 5.41) is 1.87. The molecule has 0 bridgehead atoms. The highest BCUT2D eigenvalue weighted by molar-refractivity contribution is 9.18. The van der Waals surface area contributed by atoms with Crippen LogP contribution < -0.4 is 0 Å². The second-order valence-electron chi connectivity index (χ2n) is 1.40. The fourth-order valence-electron chi connectivity index (χ4n) is 0.416. The molecular weight excluding hydrogens is 268 g/mol. The highest BCUT2D eigenvalue weighted by Gasteiger charge is 2.02. The van der Waals surface area contributed by atoms with Crippen LogP contribution in [-0.2, 0) is 0 Å². The van der Waals surface area contributed by atoms with Crippen LogP contribution in [0.5, 0.6) is 0 Å².